The third kappa shape index (κ3) is 1.97. The highest BCUT2D eigenvalue weighted by molar-refractivity contribution is 5.91. The number of fused-ring (bicyclic) bond motifs is 1. The van der Waals surface area contributed by atoms with Gasteiger partial charge in [-0.05, 0) is 31.0 Å². The third-order valence-corrected chi connectivity index (χ3v) is 3.16. The number of benzene rings is 1. The molecule has 0 bridgehead atoms. The van der Waals surface area contributed by atoms with Gasteiger partial charge in [-0.25, -0.2) is 9.78 Å². The molecule has 1 aromatic heterocycles. The van der Waals surface area contributed by atoms with Crippen molar-refractivity contribution in [2.45, 2.75) is 18.8 Å². The van der Waals surface area contributed by atoms with Crippen LogP contribution in [-0.4, -0.2) is 29.3 Å². The highest BCUT2D eigenvalue weighted by Crippen LogP contribution is 2.28. The number of rotatable bonds is 2. The van der Waals surface area contributed by atoms with Crippen molar-refractivity contribution in [2.24, 2.45) is 0 Å². The molecule has 0 amide bonds. The SMILES string of the molecule is O=C(O)c1ccc2oc(C3CCCOC3)nc2c1. The van der Waals surface area contributed by atoms with Gasteiger partial charge < -0.3 is 14.3 Å². The van der Waals surface area contributed by atoms with Crippen LogP contribution in [0.1, 0.15) is 35.0 Å². The van der Waals surface area contributed by atoms with E-state index >= 15 is 0 Å². The normalized spacial score (nSPS) is 20.1. The van der Waals surface area contributed by atoms with Crippen LogP contribution in [0.2, 0.25) is 0 Å². The molecule has 1 N–H and O–H groups in total. The van der Waals surface area contributed by atoms with Crippen molar-refractivity contribution in [3.05, 3.63) is 29.7 Å². The summed E-state index contributed by atoms with van der Waals surface area (Å²) in [5.74, 6) is -0.130. The molecule has 1 fully saturated rings. The zero-order chi connectivity index (χ0) is 12.5. The summed E-state index contributed by atoms with van der Waals surface area (Å²) < 4.78 is 11.1. The number of nitrogens with zero attached hydrogens (tertiary/aromatic N) is 1. The maximum atomic E-state index is 10.9. The average Bonchev–Trinajstić information content (AvgIpc) is 2.82. The fourth-order valence-corrected chi connectivity index (χ4v) is 2.19. The Morgan fingerprint density at radius 1 is 1.44 bits per heavy atom. The van der Waals surface area contributed by atoms with Crippen molar-refractivity contribution in [1.82, 2.24) is 4.98 Å². The van der Waals surface area contributed by atoms with E-state index in [4.69, 9.17) is 14.3 Å². The van der Waals surface area contributed by atoms with E-state index in [0.29, 0.717) is 23.6 Å². The van der Waals surface area contributed by atoms with Gasteiger partial charge in [-0.1, -0.05) is 0 Å². The van der Waals surface area contributed by atoms with Gasteiger partial charge in [0.2, 0.25) is 5.89 Å². The van der Waals surface area contributed by atoms with Crippen molar-refractivity contribution < 1.29 is 19.1 Å². The van der Waals surface area contributed by atoms with Crippen LogP contribution >= 0.6 is 0 Å². The lowest BCUT2D eigenvalue weighted by Gasteiger charge is -2.18. The Morgan fingerprint density at radius 3 is 3.06 bits per heavy atom. The second kappa shape index (κ2) is 4.42. The molecule has 2 aromatic rings. The summed E-state index contributed by atoms with van der Waals surface area (Å²) in [7, 11) is 0. The molecule has 0 radical (unpaired) electrons. The van der Waals surface area contributed by atoms with Gasteiger partial charge in [-0.3, -0.25) is 0 Å². The fourth-order valence-electron chi connectivity index (χ4n) is 2.19. The molecule has 1 unspecified atom stereocenters. The van der Waals surface area contributed by atoms with E-state index in [9.17, 15) is 4.79 Å². The van der Waals surface area contributed by atoms with Gasteiger partial charge in [0, 0.05) is 6.61 Å². The van der Waals surface area contributed by atoms with Crippen LogP contribution in [0.3, 0.4) is 0 Å². The smallest absolute Gasteiger partial charge is 0.335 e. The van der Waals surface area contributed by atoms with Crippen LogP contribution < -0.4 is 0 Å². The second-order valence-corrected chi connectivity index (χ2v) is 4.45. The minimum atomic E-state index is -0.956. The molecule has 1 aliphatic heterocycles. The van der Waals surface area contributed by atoms with E-state index in [-0.39, 0.29) is 11.5 Å². The standard InChI is InChI=1S/C13H13NO4/c15-13(16)8-3-4-11-10(6-8)14-12(18-11)9-2-1-5-17-7-9/h3-4,6,9H,1-2,5,7H2,(H,15,16). The Bertz CT molecular complexity index is 584. The predicted octanol–water partition coefficient (Wildman–Crippen LogP) is 2.42. The average molecular weight is 247 g/mol. The summed E-state index contributed by atoms with van der Waals surface area (Å²) in [4.78, 5) is 15.2. The van der Waals surface area contributed by atoms with Gasteiger partial charge in [0.15, 0.2) is 5.58 Å². The van der Waals surface area contributed by atoms with Gasteiger partial charge in [-0.2, -0.15) is 0 Å². The van der Waals surface area contributed by atoms with Crippen LogP contribution in [-0.2, 0) is 4.74 Å². The minimum Gasteiger partial charge on any atom is -0.478 e. The topological polar surface area (TPSA) is 72.6 Å². The maximum Gasteiger partial charge on any atom is 0.335 e. The Balaban J connectivity index is 1.97. The van der Waals surface area contributed by atoms with Crippen molar-refractivity contribution in [1.29, 1.82) is 0 Å². The van der Waals surface area contributed by atoms with Crippen molar-refractivity contribution in [3.63, 3.8) is 0 Å². The van der Waals surface area contributed by atoms with Gasteiger partial charge in [0.05, 0.1) is 18.1 Å². The highest BCUT2D eigenvalue weighted by atomic mass is 16.5. The Labute approximate surface area is 103 Å². The van der Waals surface area contributed by atoms with Crippen molar-refractivity contribution >= 4 is 17.1 Å². The molecule has 5 nitrogen and oxygen atoms in total. The van der Waals surface area contributed by atoms with Crippen LogP contribution in [0.15, 0.2) is 22.6 Å². The number of aromatic carboxylic acids is 1. The van der Waals surface area contributed by atoms with Crippen molar-refractivity contribution in [3.8, 4) is 0 Å². The number of aromatic nitrogens is 1. The van der Waals surface area contributed by atoms with Crippen LogP contribution in [0.4, 0.5) is 0 Å². The lowest BCUT2D eigenvalue weighted by atomic mass is 10.0. The summed E-state index contributed by atoms with van der Waals surface area (Å²) in [5, 5.41) is 8.92. The lowest BCUT2D eigenvalue weighted by molar-refractivity contribution is 0.0696. The molecule has 94 valence electrons. The molecule has 2 heterocycles. The van der Waals surface area contributed by atoms with E-state index in [1.54, 1.807) is 6.07 Å². The Hall–Kier alpha value is -1.88. The molecule has 1 saturated heterocycles. The molecule has 1 aromatic carbocycles. The zero-order valence-electron chi connectivity index (χ0n) is 9.76. The molecular weight excluding hydrogens is 234 g/mol. The van der Waals surface area contributed by atoms with Gasteiger partial charge in [0.25, 0.3) is 0 Å². The van der Waals surface area contributed by atoms with Crippen molar-refractivity contribution in [2.75, 3.05) is 13.2 Å². The minimum absolute atomic E-state index is 0.180. The third-order valence-electron chi connectivity index (χ3n) is 3.16. The monoisotopic (exact) mass is 247 g/mol. The van der Waals surface area contributed by atoms with Gasteiger partial charge in [0.1, 0.15) is 5.52 Å². The molecule has 0 aliphatic carbocycles. The summed E-state index contributed by atoms with van der Waals surface area (Å²) in [6.07, 6.45) is 2.00. The molecule has 3 rings (SSSR count). The molecule has 1 aliphatic rings. The fraction of sp³-hybridized carbons (Fsp3) is 0.385. The summed E-state index contributed by atoms with van der Waals surface area (Å²) in [6.45, 7) is 1.42. The first kappa shape index (κ1) is 11.2. The van der Waals surface area contributed by atoms with Gasteiger partial charge in [-0.15, -0.1) is 0 Å². The predicted molar refractivity (Wildman–Crippen MR) is 63.8 cm³/mol. The number of carboxylic acid groups (broad SMARTS) is 1. The first-order valence-electron chi connectivity index (χ1n) is 5.95. The molecule has 18 heavy (non-hydrogen) atoms. The van der Waals surface area contributed by atoms with Crippen LogP contribution in [0, 0.1) is 0 Å². The van der Waals surface area contributed by atoms with Crippen LogP contribution in [0.25, 0.3) is 11.1 Å². The Morgan fingerprint density at radius 2 is 2.33 bits per heavy atom. The number of hydrogen-bond acceptors (Lipinski definition) is 4. The number of carbonyl (C=O) groups is 1. The lowest BCUT2D eigenvalue weighted by Crippen LogP contribution is -2.15. The van der Waals surface area contributed by atoms with Crippen LogP contribution in [0.5, 0.6) is 0 Å². The van der Waals surface area contributed by atoms with E-state index in [1.807, 2.05) is 0 Å². The highest BCUT2D eigenvalue weighted by Gasteiger charge is 2.21. The largest absolute Gasteiger partial charge is 0.478 e. The summed E-state index contributed by atoms with van der Waals surface area (Å²) in [6, 6.07) is 4.71. The Kier molecular flexibility index (Phi) is 2.76. The van der Waals surface area contributed by atoms with E-state index in [0.717, 1.165) is 19.4 Å². The molecule has 5 heteroatoms. The maximum absolute atomic E-state index is 10.9. The number of hydrogen-bond donors (Lipinski definition) is 1. The summed E-state index contributed by atoms with van der Waals surface area (Å²) in [5.41, 5.74) is 1.44. The molecule has 0 saturated carbocycles. The first-order valence-corrected chi connectivity index (χ1v) is 5.95. The molecule has 0 spiro atoms. The van der Waals surface area contributed by atoms with E-state index < -0.39 is 5.97 Å². The molecule has 1 atom stereocenters. The number of ether oxygens (including phenoxy) is 1. The van der Waals surface area contributed by atoms with Gasteiger partial charge >= 0.3 is 5.97 Å². The molecular formula is C13H13NO4. The zero-order valence-corrected chi connectivity index (χ0v) is 9.76. The van der Waals surface area contributed by atoms with E-state index in [1.165, 1.54) is 12.1 Å². The number of carboxylic acids is 1. The van der Waals surface area contributed by atoms with E-state index in [2.05, 4.69) is 4.98 Å². The summed E-state index contributed by atoms with van der Waals surface area (Å²) >= 11 is 0. The first-order chi connectivity index (χ1) is 8.74. The second-order valence-electron chi connectivity index (χ2n) is 4.45. The number of oxazole rings is 1. The quantitative estimate of drug-likeness (QED) is 0.882.